The molecule has 1 saturated heterocycles. The predicted octanol–water partition coefficient (Wildman–Crippen LogP) is 2.42. The standard InChI is InChI=1S/C14H17NO/c1-16-12-6-5-10-3-2-4-11-8-15-9-14(11)13(10)7-12/h2-3,5-7,11,14-15H,4,8-9H2,1H3/t11-,14-/m0/s1. The van der Waals surface area contributed by atoms with Gasteiger partial charge in [0.05, 0.1) is 7.11 Å². The number of methoxy groups -OCH3 is 1. The van der Waals surface area contributed by atoms with E-state index in [-0.39, 0.29) is 0 Å². The lowest BCUT2D eigenvalue weighted by Gasteiger charge is -2.18. The van der Waals surface area contributed by atoms with Crippen molar-refractivity contribution in [2.45, 2.75) is 12.3 Å². The molecule has 0 saturated carbocycles. The van der Waals surface area contributed by atoms with Gasteiger partial charge in [0.25, 0.3) is 0 Å². The summed E-state index contributed by atoms with van der Waals surface area (Å²) in [7, 11) is 1.73. The highest BCUT2D eigenvalue weighted by Crippen LogP contribution is 2.37. The zero-order chi connectivity index (χ0) is 11.0. The number of rotatable bonds is 1. The first-order chi connectivity index (χ1) is 7.88. The van der Waals surface area contributed by atoms with Crippen molar-refractivity contribution in [2.24, 2.45) is 5.92 Å². The van der Waals surface area contributed by atoms with Crippen LogP contribution in [0.15, 0.2) is 24.3 Å². The minimum Gasteiger partial charge on any atom is -0.497 e. The molecule has 1 aliphatic heterocycles. The summed E-state index contributed by atoms with van der Waals surface area (Å²) in [5.41, 5.74) is 2.81. The van der Waals surface area contributed by atoms with Gasteiger partial charge in [0, 0.05) is 12.5 Å². The van der Waals surface area contributed by atoms with E-state index in [1.165, 1.54) is 17.5 Å². The Labute approximate surface area is 96.3 Å². The molecule has 84 valence electrons. The fraction of sp³-hybridized carbons (Fsp3) is 0.429. The average Bonchev–Trinajstić information content (AvgIpc) is 2.71. The third-order valence-corrected chi connectivity index (χ3v) is 3.77. The molecule has 2 aliphatic rings. The number of benzene rings is 1. The van der Waals surface area contributed by atoms with Crippen LogP contribution in [0.3, 0.4) is 0 Å². The normalized spacial score (nSPS) is 27.1. The van der Waals surface area contributed by atoms with Crippen molar-refractivity contribution in [3.05, 3.63) is 35.4 Å². The highest BCUT2D eigenvalue weighted by atomic mass is 16.5. The Morgan fingerprint density at radius 3 is 3.12 bits per heavy atom. The van der Waals surface area contributed by atoms with Crippen molar-refractivity contribution < 1.29 is 4.74 Å². The Bertz CT molecular complexity index is 425. The van der Waals surface area contributed by atoms with Crippen molar-refractivity contribution in [3.8, 4) is 5.75 Å². The highest BCUT2D eigenvalue weighted by Gasteiger charge is 2.30. The second kappa shape index (κ2) is 3.95. The van der Waals surface area contributed by atoms with Gasteiger partial charge in [-0.25, -0.2) is 0 Å². The number of hydrogen-bond donors (Lipinski definition) is 1. The smallest absolute Gasteiger partial charge is 0.119 e. The lowest BCUT2D eigenvalue weighted by atomic mass is 9.86. The number of hydrogen-bond acceptors (Lipinski definition) is 2. The molecule has 1 N–H and O–H groups in total. The van der Waals surface area contributed by atoms with Crippen LogP contribution in [0.1, 0.15) is 23.5 Å². The van der Waals surface area contributed by atoms with E-state index in [9.17, 15) is 0 Å². The van der Waals surface area contributed by atoms with E-state index in [4.69, 9.17) is 4.74 Å². The number of allylic oxidation sites excluding steroid dienone is 1. The van der Waals surface area contributed by atoms with Gasteiger partial charge in [0.1, 0.15) is 5.75 Å². The van der Waals surface area contributed by atoms with Crippen LogP contribution in [-0.2, 0) is 0 Å². The van der Waals surface area contributed by atoms with Crippen molar-refractivity contribution in [2.75, 3.05) is 20.2 Å². The SMILES string of the molecule is COc1ccc2c(c1)[C@H]1CNC[C@@H]1CC=C2. The van der Waals surface area contributed by atoms with Gasteiger partial charge in [-0.1, -0.05) is 18.2 Å². The second-order valence-corrected chi connectivity index (χ2v) is 4.66. The number of nitrogens with one attached hydrogen (secondary N) is 1. The Balaban J connectivity index is 2.07. The quantitative estimate of drug-likeness (QED) is 0.776. The average molecular weight is 215 g/mol. The summed E-state index contributed by atoms with van der Waals surface area (Å²) < 4.78 is 5.33. The molecule has 2 atom stereocenters. The maximum Gasteiger partial charge on any atom is 0.119 e. The van der Waals surface area contributed by atoms with E-state index in [1.54, 1.807) is 7.11 Å². The second-order valence-electron chi connectivity index (χ2n) is 4.66. The predicted molar refractivity (Wildman–Crippen MR) is 65.7 cm³/mol. The van der Waals surface area contributed by atoms with Crippen LogP contribution >= 0.6 is 0 Å². The van der Waals surface area contributed by atoms with Crippen LogP contribution in [0.25, 0.3) is 6.08 Å². The summed E-state index contributed by atoms with van der Waals surface area (Å²) in [5, 5.41) is 3.50. The van der Waals surface area contributed by atoms with Gasteiger partial charge >= 0.3 is 0 Å². The minimum absolute atomic E-state index is 0.653. The molecule has 0 spiro atoms. The molecule has 3 rings (SSSR count). The summed E-state index contributed by atoms with van der Waals surface area (Å²) >= 11 is 0. The van der Waals surface area contributed by atoms with Crippen molar-refractivity contribution in [3.63, 3.8) is 0 Å². The monoisotopic (exact) mass is 215 g/mol. The van der Waals surface area contributed by atoms with Crippen molar-refractivity contribution in [1.29, 1.82) is 0 Å². The third-order valence-electron chi connectivity index (χ3n) is 3.77. The van der Waals surface area contributed by atoms with E-state index in [1.807, 2.05) is 6.07 Å². The van der Waals surface area contributed by atoms with Crippen LogP contribution in [0.5, 0.6) is 5.75 Å². The van der Waals surface area contributed by atoms with Crippen LogP contribution in [0.4, 0.5) is 0 Å². The van der Waals surface area contributed by atoms with Crippen molar-refractivity contribution in [1.82, 2.24) is 5.32 Å². The first kappa shape index (κ1) is 9.91. The molecule has 2 nitrogen and oxygen atoms in total. The van der Waals surface area contributed by atoms with E-state index in [0.29, 0.717) is 5.92 Å². The largest absolute Gasteiger partial charge is 0.497 e. The summed E-state index contributed by atoms with van der Waals surface area (Å²) in [5.74, 6) is 2.38. The van der Waals surface area contributed by atoms with Gasteiger partial charge in [-0.15, -0.1) is 0 Å². The third kappa shape index (κ3) is 1.54. The van der Waals surface area contributed by atoms with E-state index in [2.05, 4.69) is 29.6 Å². The zero-order valence-electron chi connectivity index (χ0n) is 9.57. The van der Waals surface area contributed by atoms with Crippen molar-refractivity contribution >= 4 is 6.08 Å². The van der Waals surface area contributed by atoms with Crippen LogP contribution in [0, 0.1) is 5.92 Å². The molecule has 2 heteroatoms. The zero-order valence-corrected chi connectivity index (χ0v) is 9.57. The molecule has 1 fully saturated rings. The summed E-state index contributed by atoms with van der Waals surface area (Å²) in [6.07, 6.45) is 5.75. The van der Waals surface area contributed by atoms with Crippen LogP contribution < -0.4 is 10.1 Å². The van der Waals surface area contributed by atoms with E-state index < -0.39 is 0 Å². The van der Waals surface area contributed by atoms with Gasteiger partial charge in [-0.05, 0) is 42.1 Å². The molecule has 1 aliphatic carbocycles. The molecule has 0 bridgehead atoms. The fourth-order valence-corrected chi connectivity index (χ4v) is 2.87. The number of fused-ring (bicyclic) bond motifs is 3. The molecule has 0 aromatic heterocycles. The van der Waals surface area contributed by atoms with Gasteiger partial charge in [0.15, 0.2) is 0 Å². The summed E-state index contributed by atoms with van der Waals surface area (Å²) in [4.78, 5) is 0. The van der Waals surface area contributed by atoms with Gasteiger partial charge in [-0.3, -0.25) is 0 Å². The summed E-state index contributed by atoms with van der Waals surface area (Å²) in [6, 6.07) is 6.42. The molecule has 16 heavy (non-hydrogen) atoms. The lowest BCUT2D eigenvalue weighted by Crippen LogP contribution is -2.09. The van der Waals surface area contributed by atoms with E-state index >= 15 is 0 Å². The Morgan fingerprint density at radius 2 is 2.25 bits per heavy atom. The molecule has 0 radical (unpaired) electrons. The highest BCUT2D eigenvalue weighted by molar-refractivity contribution is 5.58. The first-order valence-corrected chi connectivity index (χ1v) is 5.93. The lowest BCUT2D eigenvalue weighted by molar-refractivity contribution is 0.413. The molecular weight excluding hydrogens is 198 g/mol. The van der Waals surface area contributed by atoms with Gasteiger partial charge < -0.3 is 10.1 Å². The molecule has 0 unspecified atom stereocenters. The Kier molecular flexibility index (Phi) is 2.44. The Hall–Kier alpha value is -1.28. The molecule has 1 aromatic carbocycles. The van der Waals surface area contributed by atoms with Gasteiger partial charge in [-0.2, -0.15) is 0 Å². The van der Waals surface area contributed by atoms with Crippen LogP contribution in [0.2, 0.25) is 0 Å². The topological polar surface area (TPSA) is 21.3 Å². The maximum absolute atomic E-state index is 5.33. The first-order valence-electron chi connectivity index (χ1n) is 5.93. The van der Waals surface area contributed by atoms with Gasteiger partial charge in [0.2, 0.25) is 0 Å². The molecule has 1 heterocycles. The molecular formula is C14H17NO. The maximum atomic E-state index is 5.33. The van der Waals surface area contributed by atoms with Crippen LogP contribution in [-0.4, -0.2) is 20.2 Å². The summed E-state index contributed by atoms with van der Waals surface area (Å²) in [6.45, 7) is 2.25. The fourth-order valence-electron chi connectivity index (χ4n) is 2.87. The minimum atomic E-state index is 0.653. The molecule has 0 amide bonds. The van der Waals surface area contributed by atoms with E-state index in [0.717, 1.165) is 24.8 Å². The molecule has 1 aromatic rings. The Morgan fingerprint density at radius 1 is 1.31 bits per heavy atom. The number of ether oxygens (including phenoxy) is 1.